The van der Waals surface area contributed by atoms with Gasteiger partial charge in [0, 0.05) is 44.0 Å². The first-order valence-corrected chi connectivity index (χ1v) is 21.9. The zero-order valence-corrected chi connectivity index (χ0v) is 35.0. The first-order valence-electron chi connectivity index (χ1n) is 21.9. The van der Waals surface area contributed by atoms with Crippen LogP contribution >= 0.6 is 0 Å². The number of aromatic nitrogens is 2. The molecule has 0 fully saturated rings. The highest BCUT2D eigenvalue weighted by Crippen LogP contribution is 2.46. The maximum Gasteiger partial charge on any atom is 0.0710 e. The van der Waals surface area contributed by atoms with Crippen molar-refractivity contribution in [1.82, 2.24) is 9.55 Å². The van der Waals surface area contributed by atoms with Crippen molar-refractivity contribution in [2.75, 3.05) is 4.90 Å². The van der Waals surface area contributed by atoms with Gasteiger partial charge in [0.1, 0.15) is 0 Å². The molecule has 0 aliphatic rings. The average Bonchev–Trinajstić information content (AvgIpc) is 3.70. The number of anilines is 3. The molecule has 0 spiro atoms. The highest BCUT2D eigenvalue weighted by molar-refractivity contribution is 6.12. The predicted octanol–water partition coefficient (Wildman–Crippen LogP) is 16.6. The molecule has 2 aromatic heterocycles. The molecule has 3 nitrogen and oxygen atoms in total. The lowest BCUT2D eigenvalue weighted by molar-refractivity contribution is 1.18. The molecule has 0 saturated carbocycles. The molecule has 0 amide bonds. The van der Waals surface area contributed by atoms with Crippen molar-refractivity contribution in [2.45, 2.75) is 0 Å². The van der Waals surface area contributed by atoms with Crippen molar-refractivity contribution in [1.29, 1.82) is 0 Å². The van der Waals surface area contributed by atoms with E-state index in [0.29, 0.717) is 0 Å². The van der Waals surface area contributed by atoms with Crippen molar-refractivity contribution in [2.24, 2.45) is 0 Å². The van der Waals surface area contributed by atoms with Crippen LogP contribution in [0.5, 0.6) is 0 Å². The topological polar surface area (TPSA) is 21.1 Å². The summed E-state index contributed by atoms with van der Waals surface area (Å²) in [6.45, 7) is 0. The summed E-state index contributed by atoms with van der Waals surface area (Å²) in [5, 5.41) is 5.94. The lowest BCUT2D eigenvalue weighted by Crippen LogP contribution is -2.11. The second kappa shape index (κ2) is 15.7. The van der Waals surface area contributed by atoms with E-state index in [4.69, 9.17) is 4.98 Å². The summed E-state index contributed by atoms with van der Waals surface area (Å²) in [6.07, 6.45) is 0. The fourth-order valence-corrected chi connectivity index (χ4v) is 9.54. The number of pyridine rings is 1. The van der Waals surface area contributed by atoms with Gasteiger partial charge in [-0.15, -0.1) is 0 Å². The van der Waals surface area contributed by atoms with Gasteiger partial charge in [0.05, 0.1) is 33.6 Å². The maximum absolute atomic E-state index is 5.11. The van der Waals surface area contributed by atoms with Crippen LogP contribution in [0.25, 0.3) is 93.8 Å². The van der Waals surface area contributed by atoms with E-state index in [1.807, 2.05) is 0 Å². The number of fused-ring (bicyclic) bond motifs is 5. The molecule has 0 atom stereocenters. The zero-order valence-electron chi connectivity index (χ0n) is 35.0. The predicted molar refractivity (Wildman–Crippen MR) is 270 cm³/mol. The summed E-state index contributed by atoms with van der Waals surface area (Å²) < 4.78 is 2.43. The van der Waals surface area contributed by atoms with Crippen LogP contribution in [0, 0.1) is 0 Å². The lowest BCUT2D eigenvalue weighted by atomic mass is 9.92. The second-order valence-electron chi connectivity index (χ2n) is 16.3. The average molecular weight is 816 g/mol. The third-order valence-corrected chi connectivity index (χ3v) is 12.6. The lowest BCUT2D eigenvalue weighted by Gasteiger charge is -2.29. The SMILES string of the molecule is c1ccc(-c2ccc(-n3c4cc(-c5ccc6ccccc6n5)ccc4c4ccc(-c5ccccc5-c5ccccc5N(c5ccccc5)c5cccc6ccccc56)cc43)cc2)cc1. The molecule has 3 heteroatoms. The molecule has 300 valence electrons. The molecule has 12 aromatic rings. The van der Waals surface area contributed by atoms with E-state index in [2.05, 4.69) is 258 Å². The van der Waals surface area contributed by atoms with Crippen molar-refractivity contribution in [3.05, 3.63) is 249 Å². The first-order chi connectivity index (χ1) is 31.7. The van der Waals surface area contributed by atoms with Gasteiger partial charge < -0.3 is 9.47 Å². The third-order valence-electron chi connectivity index (χ3n) is 12.6. The monoisotopic (exact) mass is 815 g/mol. The Balaban J connectivity index is 1.05. The van der Waals surface area contributed by atoms with Crippen LogP contribution in [0.1, 0.15) is 0 Å². The summed E-state index contributed by atoms with van der Waals surface area (Å²) in [5.74, 6) is 0. The molecule has 0 N–H and O–H groups in total. The van der Waals surface area contributed by atoms with Crippen molar-refractivity contribution in [3.8, 4) is 50.3 Å². The minimum atomic E-state index is 0.957. The quantitative estimate of drug-likeness (QED) is 0.152. The van der Waals surface area contributed by atoms with E-state index in [1.54, 1.807) is 0 Å². The van der Waals surface area contributed by atoms with E-state index in [1.165, 1.54) is 38.2 Å². The molecule has 12 rings (SSSR count). The summed E-state index contributed by atoms with van der Waals surface area (Å²) in [4.78, 5) is 7.52. The van der Waals surface area contributed by atoms with Crippen molar-refractivity contribution in [3.63, 3.8) is 0 Å². The molecular formula is C61H41N3. The van der Waals surface area contributed by atoms with Crippen LogP contribution < -0.4 is 4.90 Å². The molecule has 0 aliphatic carbocycles. The highest BCUT2D eigenvalue weighted by Gasteiger charge is 2.22. The van der Waals surface area contributed by atoms with Crippen molar-refractivity contribution < 1.29 is 0 Å². The Morgan fingerprint density at radius 2 is 0.891 bits per heavy atom. The number of hydrogen-bond donors (Lipinski definition) is 0. The van der Waals surface area contributed by atoms with Crippen LogP contribution in [0.3, 0.4) is 0 Å². The molecule has 0 radical (unpaired) electrons. The Kier molecular flexibility index (Phi) is 9.16. The summed E-state index contributed by atoms with van der Waals surface area (Å²) in [7, 11) is 0. The minimum Gasteiger partial charge on any atom is -0.309 e. The Bertz CT molecular complexity index is 3660. The number of para-hydroxylation sites is 3. The molecule has 0 aliphatic heterocycles. The molecule has 2 heterocycles. The van der Waals surface area contributed by atoms with E-state index in [9.17, 15) is 0 Å². The van der Waals surface area contributed by atoms with E-state index in [0.717, 1.165) is 72.6 Å². The number of rotatable bonds is 8. The van der Waals surface area contributed by atoms with Gasteiger partial charge in [-0.25, -0.2) is 4.98 Å². The number of benzene rings is 10. The van der Waals surface area contributed by atoms with Gasteiger partial charge in [-0.1, -0.05) is 188 Å². The normalized spacial score (nSPS) is 11.4. The summed E-state index contributed by atoms with van der Waals surface area (Å²) in [5.41, 5.74) is 16.8. The van der Waals surface area contributed by atoms with Gasteiger partial charge in [-0.05, 0) is 93.9 Å². The largest absolute Gasteiger partial charge is 0.309 e. The standard InChI is InChI=1S/C61H41N3/c1-3-16-42(17-4-1)43-30-35-49(36-31-43)64-60-40-46(32-37-54(60)55-38-33-47(41-61(55)64)57-39-34-45-19-8-13-27-56(45)62-57)50-23-10-11-25-52(50)53-26-12-14-28-59(53)63(48-21-5-2-6-22-48)58-29-15-20-44-18-7-9-24-51(44)58/h1-41H. The summed E-state index contributed by atoms with van der Waals surface area (Å²) >= 11 is 0. The number of nitrogens with zero attached hydrogens (tertiary/aromatic N) is 3. The van der Waals surface area contributed by atoms with Crippen LogP contribution in [-0.2, 0) is 0 Å². The second-order valence-corrected chi connectivity index (χ2v) is 16.3. The fourth-order valence-electron chi connectivity index (χ4n) is 9.54. The highest BCUT2D eigenvalue weighted by atomic mass is 15.1. The maximum atomic E-state index is 5.11. The first kappa shape index (κ1) is 37.2. The van der Waals surface area contributed by atoms with Gasteiger partial charge in [-0.2, -0.15) is 0 Å². The summed E-state index contributed by atoms with van der Waals surface area (Å²) in [6, 6.07) is 89.6. The van der Waals surface area contributed by atoms with Gasteiger partial charge in [0.25, 0.3) is 0 Å². The van der Waals surface area contributed by atoms with Crippen LogP contribution in [0.4, 0.5) is 17.1 Å². The van der Waals surface area contributed by atoms with E-state index in [-0.39, 0.29) is 0 Å². The Morgan fingerprint density at radius 3 is 1.69 bits per heavy atom. The van der Waals surface area contributed by atoms with Gasteiger partial charge in [0.2, 0.25) is 0 Å². The van der Waals surface area contributed by atoms with E-state index < -0.39 is 0 Å². The third kappa shape index (κ3) is 6.50. The smallest absolute Gasteiger partial charge is 0.0710 e. The minimum absolute atomic E-state index is 0.957. The molecule has 0 bridgehead atoms. The van der Waals surface area contributed by atoms with Crippen LogP contribution in [0.2, 0.25) is 0 Å². The zero-order chi connectivity index (χ0) is 42.4. The van der Waals surface area contributed by atoms with Crippen LogP contribution in [-0.4, -0.2) is 9.55 Å². The van der Waals surface area contributed by atoms with Gasteiger partial charge in [0.15, 0.2) is 0 Å². The molecule has 0 unspecified atom stereocenters. The van der Waals surface area contributed by atoms with E-state index >= 15 is 0 Å². The molecule has 10 aromatic carbocycles. The molecule has 0 saturated heterocycles. The Hall–Kier alpha value is -8.53. The molecule has 64 heavy (non-hydrogen) atoms. The molecular weight excluding hydrogens is 775 g/mol. The Morgan fingerprint density at radius 1 is 0.328 bits per heavy atom. The Labute approximate surface area is 372 Å². The van der Waals surface area contributed by atoms with Crippen LogP contribution in [0.15, 0.2) is 249 Å². The van der Waals surface area contributed by atoms with Gasteiger partial charge in [-0.3, -0.25) is 0 Å². The fraction of sp³-hybridized carbons (Fsp3) is 0. The van der Waals surface area contributed by atoms with Gasteiger partial charge >= 0.3 is 0 Å². The van der Waals surface area contributed by atoms with Crippen molar-refractivity contribution >= 4 is 60.5 Å². The number of hydrogen-bond acceptors (Lipinski definition) is 2.